The van der Waals surface area contributed by atoms with Gasteiger partial charge in [0, 0.05) is 18.8 Å². The average molecular weight is 432 g/mol. The van der Waals surface area contributed by atoms with Gasteiger partial charge in [-0.1, -0.05) is 22.9 Å². The number of anilines is 2. The molecule has 0 spiro atoms. The topological polar surface area (TPSA) is 133 Å². The minimum absolute atomic E-state index is 0.255. The maximum Gasteiger partial charge on any atom is 0.413 e. The van der Waals surface area contributed by atoms with Gasteiger partial charge in [0.15, 0.2) is 11.5 Å². The van der Waals surface area contributed by atoms with E-state index < -0.39 is 18.3 Å². The molecule has 3 aromatic heterocycles. The van der Waals surface area contributed by atoms with Crippen LogP contribution in [0.3, 0.4) is 0 Å². The van der Waals surface area contributed by atoms with Gasteiger partial charge in [-0.2, -0.15) is 0 Å². The number of nitrogens with one attached hydrogen (secondary N) is 2. The molecule has 3 aromatic rings. The van der Waals surface area contributed by atoms with Crippen molar-refractivity contribution >= 4 is 35.3 Å². The molecule has 3 heterocycles. The Morgan fingerprint density at radius 2 is 1.97 bits per heavy atom. The van der Waals surface area contributed by atoms with E-state index in [-0.39, 0.29) is 11.0 Å². The first-order valence-electron chi connectivity index (χ1n) is 8.68. The Labute approximate surface area is 176 Å². The van der Waals surface area contributed by atoms with E-state index in [4.69, 9.17) is 16.3 Å². The molecule has 2 N–H and O–H groups in total. The molecule has 0 aliphatic rings. The first-order valence-corrected chi connectivity index (χ1v) is 9.06. The Bertz CT molecular complexity index is 1050. The lowest BCUT2D eigenvalue weighted by molar-refractivity contribution is 0.121. The van der Waals surface area contributed by atoms with Crippen molar-refractivity contribution in [3.63, 3.8) is 0 Å². The molecule has 0 aliphatic carbocycles. The number of aromatic nitrogens is 5. The van der Waals surface area contributed by atoms with E-state index in [1.165, 1.54) is 18.0 Å². The summed E-state index contributed by atoms with van der Waals surface area (Å²) in [6.45, 7) is 1.68. The Kier molecular flexibility index (Phi) is 6.42. The maximum atomic E-state index is 12.4. The third-order valence-electron chi connectivity index (χ3n) is 3.99. The molecule has 30 heavy (non-hydrogen) atoms. The van der Waals surface area contributed by atoms with Crippen molar-refractivity contribution in [3.05, 3.63) is 47.4 Å². The molecule has 0 saturated carbocycles. The molecule has 0 aliphatic heterocycles. The summed E-state index contributed by atoms with van der Waals surface area (Å²) in [5, 5.41) is 13.3. The van der Waals surface area contributed by atoms with Crippen molar-refractivity contribution in [2.75, 3.05) is 17.7 Å². The average Bonchev–Trinajstić information content (AvgIpc) is 3.08. The molecule has 0 bridgehead atoms. The van der Waals surface area contributed by atoms with E-state index in [0.29, 0.717) is 22.6 Å². The zero-order valence-electron chi connectivity index (χ0n) is 16.3. The van der Waals surface area contributed by atoms with Gasteiger partial charge in [-0.3, -0.25) is 15.6 Å². The van der Waals surface area contributed by atoms with Crippen molar-refractivity contribution in [1.29, 1.82) is 0 Å². The Morgan fingerprint density at radius 1 is 1.17 bits per heavy atom. The molecule has 0 saturated heterocycles. The van der Waals surface area contributed by atoms with Crippen molar-refractivity contribution in [2.24, 2.45) is 7.05 Å². The predicted molar refractivity (Wildman–Crippen MR) is 108 cm³/mol. The molecule has 1 atom stereocenters. The smallest absolute Gasteiger partial charge is 0.413 e. The highest BCUT2D eigenvalue weighted by atomic mass is 35.5. The number of hydrogen-bond donors (Lipinski definition) is 2. The van der Waals surface area contributed by atoms with E-state index in [2.05, 4.69) is 35.7 Å². The number of halogens is 1. The van der Waals surface area contributed by atoms with E-state index in [1.54, 1.807) is 44.4 Å². The molecular formula is C18H18ClN7O4. The third kappa shape index (κ3) is 4.81. The van der Waals surface area contributed by atoms with Crippen LogP contribution in [-0.4, -0.2) is 44.3 Å². The molecule has 2 amide bonds. The van der Waals surface area contributed by atoms with Gasteiger partial charge in [-0.25, -0.2) is 19.3 Å². The van der Waals surface area contributed by atoms with Gasteiger partial charge in [0.05, 0.1) is 24.7 Å². The number of carbonyl (C=O) groups is 2. The van der Waals surface area contributed by atoms with Gasteiger partial charge in [-0.15, -0.1) is 5.10 Å². The normalized spacial score (nSPS) is 11.5. The van der Waals surface area contributed by atoms with E-state index in [1.807, 2.05) is 0 Å². The van der Waals surface area contributed by atoms with Crippen LogP contribution in [0.5, 0.6) is 0 Å². The lowest BCUT2D eigenvalue weighted by Crippen LogP contribution is -2.18. The van der Waals surface area contributed by atoms with Gasteiger partial charge in [-0.05, 0) is 25.1 Å². The summed E-state index contributed by atoms with van der Waals surface area (Å²) in [5.74, 6) is 0.283. The molecule has 0 radical (unpaired) electrons. The standard InChI is InChI=1S/C18H18ClN7O4/c1-10(12-5-4-8-20-15(12)19)30-18(28)23-16-14(24-25-26(16)2)13-7-6-11(9-21-13)22-17(27)29-3/h4-10H,1-3H3,(H,22,27)(H,23,28)/t10-/m1/s1. The minimum Gasteiger partial charge on any atom is -0.453 e. The fraction of sp³-hybridized carbons (Fsp3) is 0.222. The summed E-state index contributed by atoms with van der Waals surface area (Å²) in [5.41, 5.74) is 1.77. The Hall–Kier alpha value is -3.73. The first kappa shape index (κ1) is 21.0. The second kappa shape index (κ2) is 9.18. The molecular weight excluding hydrogens is 414 g/mol. The van der Waals surface area contributed by atoms with Crippen LogP contribution < -0.4 is 10.6 Å². The van der Waals surface area contributed by atoms with Gasteiger partial charge in [0.2, 0.25) is 0 Å². The number of rotatable bonds is 5. The van der Waals surface area contributed by atoms with Crippen molar-refractivity contribution in [3.8, 4) is 11.4 Å². The molecule has 12 heteroatoms. The zero-order chi connectivity index (χ0) is 21.7. The van der Waals surface area contributed by atoms with Crippen LogP contribution in [0.2, 0.25) is 5.15 Å². The quantitative estimate of drug-likeness (QED) is 0.587. The molecule has 11 nitrogen and oxygen atoms in total. The lowest BCUT2D eigenvalue weighted by Gasteiger charge is -2.15. The SMILES string of the molecule is COC(=O)Nc1ccc(-c2nnn(C)c2NC(=O)O[C@H](C)c2cccnc2Cl)nc1. The van der Waals surface area contributed by atoms with E-state index >= 15 is 0 Å². The van der Waals surface area contributed by atoms with Gasteiger partial charge >= 0.3 is 12.2 Å². The largest absolute Gasteiger partial charge is 0.453 e. The van der Waals surface area contributed by atoms with E-state index in [9.17, 15) is 9.59 Å². The number of pyridine rings is 2. The summed E-state index contributed by atoms with van der Waals surface area (Å²) < 4.78 is 11.3. The number of aryl methyl sites for hydroxylation is 1. The monoisotopic (exact) mass is 431 g/mol. The van der Waals surface area contributed by atoms with Crippen LogP contribution in [0, 0.1) is 0 Å². The highest BCUT2D eigenvalue weighted by Crippen LogP contribution is 2.26. The second-order valence-electron chi connectivity index (χ2n) is 6.01. The van der Waals surface area contributed by atoms with Gasteiger partial charge in [0.1, 0.15) is 11.3 Å². The van der Waals surface area contributed by atoms with Crippen molar-refractivity contribution in [2.45, 2.75) is 13.0 Å². The van der Waals surface area contributed by atoms with E-state index in [0.717, 1.165) is 0 Å². The van der Waals surface area contributed by atoms with Crippen LogP contribution in [0.1, 0.15) is 18.6 Å². The van der Waals surface area contributed by atoms with Crippen LogP contribution in [-0.2, 0) is 16.5 Å². The Morgan fingerprint density at radius 3 is 2.63 bits per heavy atom. The summed E-state index contributed by atoms with van der Waals surface area (Å²) >= 11 is 6.04. The number of nitrogens with zero attached hydrogens (tertiary/aromatic N) is 5. The maximum absolute atomic E-state index is 12.4. The van der Waals surface area contributed by atoms with Crippen LogP contribution in [0.25, 0.3) is 11.4 Å². The summed E-state index contributed by atoms with van der Waals surface area (Å²) in [6.07, 6.45) is 1.01. The van der Waals surface area contributed by atoms with Crippen LogP contribution in [0.4, 0.5) is 21.1 Å². The van der Waals surface area contributed by atoms with Crippen molar-refractivity contribution in [1.82, 2.24) is 25.0 Å². The van der Waals surface area contributed by atoms with Crippen molar-refractivity contribution < 1.29 is 19.1 Å². The van der Waals surface area contributed by atoms with Gasteiger partial charge < -0.3 is 9.47 Å². The summed E-state index contributed by atoms with van der Waals surface area (Å²) in [6, 6.07) is 6.65. The number of amides is 2. The molecule has 0 unspecified atom stereocenters. The van der Waals surface area contributed by atoms with Crippen LogP contribution >= 0.6 is 11.6 Å². The second-order valence-corrected chi connectivity index (χ2v) is 6.37. The Balaban J connectivity index is 1.73. The summed E-state index contributed by atoms with van der Waals surface area (Å²) in [4.78, 5) is 31.9. The molecule has 0 aromatic carbocycles. The molecule has 3 rings (SSSR count). The summed E-state index contributed by atoms with van der Waals surface area (Å²) in [7, 11) is 2.87. The fourth-order valence-electron chi connectivity index (χ4n) is 2.50. The third-order valence-corrected chi connectivity index (χ3v) is 4.31. The minimum atomic E-state index is -0.724. The number of hydrogen-bond acceptors (Lipinski definition) is 8. The highest BCUT2D eigenvalue weighted by molar-refractivity contribution is 6.30. The lowest BCUT2D eigenvalue weighted by atomic mass is 10.2. The first-order chi connectivity index (χ1) is 14.4. The van der Waals surface area contributed by atoms with Gasteiger partial charge in [0.25, 0.3) is 0 Å². The fourth-order valence-corrected chi connectivity index (χ4v) is 2.77. The zero-order valence-corrected chi connectivity index (χ0v) is 17.0. The number of methoxy groups -OCH3 is 1. The van der Waals surface area contributed by atoms with Crippen LogP contribution in [0.15, 0.2) is 36.7 Å². The predicted octanol–water partition coefficient (Wildman–Crippen LogP) is 3.41. The molecule has 156 valence electrons. The number of carbonyl (C=O) groups excluding carboxylic acids is 2. The number of ether oxygens (including phenoxy) is 2. The molecule has 0 fully saturated rings. The highest BCUT2D eigenvalue weighted by Gasteiger charge is 2.20.